The van der Waals surface area contributed by atoms with Crippen molar-refractivity contribution in [2.75, 3.05) is 20.2 Å². The molecule has 1 aliphatic heterocycles. The lowest BCUT2D eigenvalue weighted by Crippen LogP contribution is -2.31. The van der Waals surface area contributed by atoms with Crippen LogP contribution in [0, 0.1) is 0 Å². The third kappa shape index (κ3) is 4.45. The van der Waals surface area contributed by atoms with Crippen LogP contribution in [0.3, 0.4) is 0 Å². The molecule has 1 aliphatic rings. The quantitative estimate of drug-likeness (QED) is 0.826. The number of rotatable bonds is 6. The van der Waals surface area contributed by atoms with E-state index in [9.17, 15) is 9.59 Å². The van der Waals surface area contributed by atoms with E-state index in [1.807, 2.05) is 18.2 Å². The van der Waals surface area contributed by atoms with E-state index in [4.69, 9.17) is 4.74 Å². The molecular weight excluding hydrogens is 320 g/mol. The minimum absolute atomic E-state index is 0.114. The fourth-order valence-corrected chi connectivity index (χ4v) is 2.78. The van der Waals surface area contributed by atoms with Gasteiger partial charge in [-0.05, 0) is 30.5 Å². The minimum Gasteiger partial charge on any atom is -0.376 e. The Morgan fingerprint density at radius 2 is 2.24 bits per heavy atom. The summed E-state index contributed by atoms with van der Waals surface area (Å²) in [4.78, 5) is 23.8. The van der Waals surface area contributed by atoms with Gasteiger partial charge in [-0.25, -0.2) is 0 Å². The lowest BCUT2D eigenvalue weighted by molar-refractivity contribution is -0.121. The van der Waals surface area contributed by atoms with Gasteiger partial charge in [0.05, 0.1) is 12.3 Å². The molecule has 2 heterocycles. The molecule has 0 bridgehead atoms. The number of nitrogens with zero attached hydrogens (tertiary/aromatic N) is 2. The Hall–Kier alpha value is -2.67. The van der Waals surface area contributed by atoms with Crippen LogP contribution in [0.4, 0.5) is 0 Å². The summed E-state index contributed by atoms with van der Waals surface area (Å²) in [6, 6.07) is 7.36. The summed E-state index contributed by atoms with van der Waals surface area (Å²) in [6.45, 7) is 1.47. The van der Waals surface area contributed by atoms with Crippen molar-refractivity contribution in [2.45, 2.75) is 25.5 Å². The zero-order valence-corrected chi connectivity index (χ0v) is 14.2. The largest absolute Gasteiger partial charge is 0.376 e. The zero-order chi connectivity index (χ0) is 17.6. The molecule has 1 unspecified atom stereocenters. The van der Waals surface area contributed by atoms with Gasteiger partial charge in [0.2, 0.25) is 5.91 Å². The molecular formula is C18H22N4O3. The van der Waals surface area contributed by atoms with Crippen molar-refractivity contribution < 1.29 is 14.3 Å². The Balaban J connectivity index is 1.66. The number of ether oxygens (including phenoxy) is 1. The average Bonchev–Trinajstić information content (AvgIpc) is 3.31. The number of amides is 2. The second-order valence-electron chi connectivity index (χ2n) is 6.03. The van der Waals surface area contributed by atoms with Crippen molar-refractivity contribution in [3.63, 3.8) is 0 Å². The monoisotopic (exact) mass is 342 g/mol. The van der Waals surface area contributed by atoms with Gasteiger partial charge < -0.3 is 15.4 Å². The fourth-order valence-electron chi connectivity index (χ4n) is 2.78. The Kier molecular flexibility index (Phi) is 5.45. The van der Waals surface area contributed by atoms with Crippen LogP contribution in [0.2, 0.25) is 0 Å². The number of aromatic nitrogens is 2. The maximum Gasteiger partial charge on any atom is 0.251 e. The Morgan fingerprint density at radius 1 is 1.36 bits per heavy atom. The van der Waals surface area contributed by atoms with Gasteiger partial charge in [0, 0.05) is 37.5 Å². The van der Waals surface area contributed by atoms with Crippen molar-refractivity contribution >= 4 is 11.8 Å². The van der Waals surface area contributed by atoms with E-state index in [1.165, 1.54) is 0 Å². The molecule has 1 fully saturated rings. The van der Waals surface area contributed by atoms with Crippen LogP contribution in [0.25, 0.3) is 11.1 Å². The summed E-state index contributed by atoms with van der Waals surface area (Å²) in [5.74, 6) is -0.230. The molecule has 1 atom stereocenters. The van der Waals surface area contributed by atoms with Gasteiger partial charge in [-0.15, -0.1) is 0 Å². The molecule has 1 saturated heterocycles. The van der Waals surface area contributed by atoms with E-state index in [2.05, 4.69) is 15.7 Å². The molecule has 25 heavy (non-hydrogen) atoms. The minimum atomic E-state index is -0.116. The molecule has 1 aromatic heterocycles. The fraction of sp³-hybridized carbons (Fsp3) is 0.389. The summed E-state index contributed by atoms with van der Waals surface area (Å²) < 4.78 is 7.09. The first-order valence-electron chi connectivity index (χ1n) is 8.39. The Morgan fingerprint density at radius 3 is 3.00 bits per heavy atom. The van der Waals surface area contributed by atoms with Crippen LogP contribution in [0.1, 0.15) is 23.2 Å². The zero-order valence-electron chi connectivity index (χ0n) is 14.2. The Bertz CT molecular complexity index is 750. The first kappa shape index (κ1) is 17.2. The first-order valence-corrected chi connectivity index (χ1v) is 8.39. The average molecular weight is 342 g/mol. The molecule has 3 rings (SSSR count). The third-order valence-corrected chi connectivity index (χ3v) is 4.19. The van der Waals surface area contributed by atoms with Crippen molar-refractivity contribution in [3.05, 3.63) is 42.2 Å². The van der Waals surface area contributed by atoms with Gasteiger partial charge in [0.15, 0.2) is 0 Å². The van der Waals surface area contributed by atoms with E-state index in [1.54, 1.807) is 30.2 Å². The lowest BCUT2D eigenvalue weighted by Gasteiger charge is -2.11. The third-order valence-electron chi connectivity index (χ3n) is 4.19. The van der Waals surface area contributed by atoms with Crippen LogP contribution in [-0.2, 0) is 16.1 Å². The van der Waals surface area contributed by atoms with Gasteiger partial charge in [0.25, 0.3) is 5.91 Å². The highest BCUT2D eigenvalue weighted by Gasteiger charge is 2.17. The van der Waals surface area contributed by atoms with E-state index in [-0.39, 0.29) is 24.5 Å². The van der Waals surface area contributed by atoms with Crippen molar-refractivity contribution in [1.29, 1.82) is 0 Å². The van der Waals surface area contributed by atoms with E-state index in [0.717, 1.165) is 30.6 Å². The summed E-state index contributed by atoms with van der Waals surface area (Å²) in [7, 11) is 1.59. The van der Waals surface area contributed by atoms with E-state index >= 15 is 0 Å². The summed E-state index contributed by atoms with van der Waals surface area (Å²) in [5, 5.41) is 9.66. The molecule has 0 spiro atoms. The molecule has 2 N–H and O–H groups in total. The van der Waals surface area contributed by atoms with Crippen molar-refractivity contribution in [3.8, 4) is 11.1 Å². The maximum absolute atomic E-state index is 12.3. The van der Waals surface area contributed by atoms with Crippen LogP contribution in [0.15, 0.2) is 36.7 Å². The number of hydrogen-bond donors (Lipinski definition) is 2. The molecule has 1 aromatic carbocycles. The molecule has 132 valence electrons. The molecule has 0 saturated carbocycles. The number of carbonyl (C=O) groups is 2. The second kappa shape index (κ2) is 7.94. The number of nitrogens with one attached hydrogen (secondary N) is 2. The predicted molar refractivity (Wildman–Crippen MR) is 93.0 cm³/mol. The summed E-state index contributed by atoms with van der Waals surface area (Å²) in [5.41, 5.74) is 2.33. The molecule has 7 heteroatoms. The van der Waals surface area contributed by atoms with Gasteiger partial charge >= 0.3 is 0 Å². The topological polar surface area (TPSA) is 85.2 Å². The summed E-state index contributed by atoms with van der Waals surface area (Å²) in [6.07, 6.45) is 5.64. The number of hydrogen-bond acceptors (Lipinski definition) is 4. The predicted octanol–water partition coefficient (Wildman–Crippen LogP) is 1.20. The van der Waals surface area contributed by atoms with E-state index in [0.29, 0.717) is 12.1 Å². The van der Waals surface area contributed by atoms with Gasteiger partial charge in [0.1, 0.15) is 6.54 Å². The number of likely N-dealkylation sites (N-methyl/N-ethyl adjacent to an activating group) is 1. The molecule has 0 aliphatic carbocycles. The highest BCUT2D eigenvalue weighted by molar-refractivity contribution is 5.95. The number of carbonyl (C=O) groups excluding carboxylic acids is 2. The second-order valence-corrected chi connectivity index (χ2v) is 6.03. The highest BCUT2D eigenvalue weighted by atomic mass is 16.5. The SMILES string of the molecule is CNC(=O)Cn1cc(-c2cccc(C(=O)NCC3CCCO3)c2)cn1. The van der Waals surface area contributed by atoms with Crippen LogP contribution >= 0.6 is 0 Å². The van der Waals surface area contributed by atoms with Crippen LogP contribution in [-0.4, -0.2) is 47.9 Å². The van der Waals surface area contributed by atoms with Crippen LogP contribution < -0.4 is 10.6 Å². The molecule has 2 aromatic rings. The number of benzene rings is 1. The standard InChI is InChI=1S/C18H22N4O3/c1-19-17(23)12-22-11-15(9-21-22)13-4-2-5-14(8-13)18(24)20-10-16-6-3-7-25-16/h2,4-5,8-9,11,16H,3,6-7,10,12H2,1H3,(H,19,23)(H,20,24). The van der Waals surface area contributed by atoms with Crippen molar-refractivity contribution in [2.24, 2.45) is 0 Å². The van der Waals surface area contributed by atoms with Crippen molar-refractivity contribution in [1.82, 2.24) is 20.4 Å². The first-order chi connectivity index (χ1) is 12.2. The maximum atomic E-state index is 12.3. The van der Waals surface area contributed by atoms with Gasteiger partial charge in [-0.1, -0.05) is 12.1 Å². The lowest BCUT2D eigenvalue weighted by atomic mass is 10.1. The summed E-state index contributed by atoms with van der Waals surface area (Å²) >= 11 is 0. The van der Waals surface area contributed by atoms with Gasteiger partial charge in [-0.3, -0.25) is 14.3 Å². The highest BCUT2D eigenvalue weighted by Crippen LogP contribution is 2.20. The molecule has 7 nitrogen and oxygen atoms in total. The molecule has 0 radical (unpaired) electrons. The normalized spacial score (nSPS) is 16.6. The van der Waals surface area contributed by atoms with Crippen LogP contribution in [0.5, 0.6) is 0 Å². The molecule has 2 amide bonds. The van der Waals surface area contributed by atoms with E-state index < -0.39 is 0 Å². The van der Waals surface area contributed by atoms with Gasteiger partial charge in [-0.2, -0.15) is 5.10 Å². The Labute approximate surface area is 146 Å². The smallest absolute Gasteiger partial charge is 0.251 e.